The first-order valence-electron chi connectivity index (χ1n) is 5.93. The van der Waals surface area contributed by atoms with E-state index in [9.17, 15) is 9.90 Å². The molecule has 0 fully saturated rings. The number of aromatic carboxylic acids is 1. The van der Waals surface area contributed by atoms with E-state index in [1.165, 1.54) is 18.2 Å². The number of aromatic hydroxyl groups is 1. The molecule has 0 saturated heterocycles. The van der Waals surface area contributed by atoms with Gasteiger partial charge in [-0.05, 0) is 18.2 Å². The summed E-state index contributed by atoms with van der Waals surface area (Å²) in [6, 6.07) is 9.42. The molecule has 1 unspecified atom stereocenters. The van der Waals surface area contributed by atoms with E-state index in [2.05, 4.69) is 5.32 Å². The third-order valence-electron chi connectivity index (χ3n) is 3.12. The Labute approximate surface area is 114 Å². The van der Waals surface area contributed by atoms with Crippen LogP contribution in [0, 0.1) is 0 Å². The summed E-state index contributed by atoms with van der Waals surface area (Å²) in [6.45, 7) is 0. The maximum Gasteiger partial charge on any atom is 0.335 e. The van der Waals surface area contributed by atoms with Crippen LogP contribution in [0.3, 0.4) is 0 Å². The summed E-state index contributed by atoms with van der Waals surface area (Å²) in [6.07, 6.45) is -0.436. The molecule has 0 radical (unpaired) electrons. The van der Waals surface area contributed by atoms with Crippen molar-refractivity contribution >= 4 is 17.3 Å². The van der Waals surface area contributed by atoms with Crippen LogP contribution in [0.5, 0.6) is 11.5 Å². The molecule has 1 atom stereocenters. The first-order valence-corrected chi connectivity index (χ1v) is 5.93. The van der Waals surface area contributed by atoms with Crippen LogP contribution in [-0.2, 0) is 0 Å². The number of nitrogens with one attached hydrogen (secondary N) is 1. The number of nitrogen functional groups attached to an aromatic ring is 1. The van der Waals surface area contributed by atoms with Gasteiger partial charge in [0.15, 0.2) is 6.23 Å². The Balaban J connectivity index is 1.86. The van der Waals surface area contributed by atoms with Crippen molar-refractivity contribution in [1.29, 1.82) is 0 Å². The second-order valence-electron chi connectivity index (χ2n) is 4.48. The molecule has 3 rings (SSSR count). The fraction of sp³-hybridized carbons (Fsp3) is 0.0714. The monoisotopic (exact) mass is 272 g/mol. The van der Waals surface area contributed by atoms with Gasteiger partial charge in [-0.3, -0.25) is 0 Å². The summed E-state index contributed by atoms with van der Waals surface area (Å²) in [5.74, 6) is -0.505. The number of ether oxygens (including phenoxy) is 1. The lowest BCUT2D eigenvalue weighted by Crippen LogP contribution is -2.10. The number of fused-ring (bicyclic) bond motifs is 1. The van der Waals surface area contributed by atoms with Crippen molar-refractivity contribution in [1.82, 2.24) is 0 Å². The molecule has 5 N–H and O–H groups in total. The zero-order valence-electron chi connectivity index (χ0n) is 10.3. The lowest BCUT2D eigenvalue weighted by molar-refractivity contribution is 0.0697. The number of carboxylic acid groups (broad SMARTS) is 1. The van der Waals surface area contributed by atoms with E-state index in [1.807, 2.05) is 0 Å². The van der Waals surface area contributed by atoms with Gasteiger partial charge in [-0.2, -0.15) is 0 Å². The fourth-order valence-electron chi connectivity index (χ4n) is 2.05. The topological polar surface area (TPSA) is 105 Å². The molecule has 102 valence electrons. The predicted octanol–water partition coefficient (Wildman–Crippen LogP) is 2.18. The van der Waals surface area contributed by atoms with Crippen LogP contribution in [0.1, 0.15) is 22.1 Å². The molecule has 1 heterocycles. The number of rotatable bonds is 2. The van der Waals surface area contributed by atoms with E-state index < -0.39 is 12.2 Å². The summed E-state index contributed by atoms with van der Waals surface area (Å²) in [7, 11) is 0. The van der Waals surface area contributed by atoms with Crippen LogP contribution in [0.4, 0.5) is 11.4 Å². The number of nitrogens with two attached hydrogens (primary N) is 1. The Bertz CT molecular complexity index is 651. The number of anilines is 2. The summed E-state index contributed by atoms with van der Waals surface area (Å²) in [5.41, 5.74) is 7.57. The quantitative estimate of drug-likeness (QED) is 0.379. The van der Waals surface area contributed by atoms with E-state index in [-0.39, 0.29) is 17.0 Å². The summed E-state index contributed by atoms with van der Waals surface area (Å²) < 4.78 is 5.66. The van der Waals surface area contributed by atoms with Crippen molar-refractivity contribution in [2.45, 2.75) is 6.23 Å². The molecule has 1 aliphatic heterocycles. The largest absolute Gasteiger partial charge is 0.506 e. The molecule has 20 heavy (non-hydrogen) atoms. The van der Waals surface area contributed by atoms with Crippen molar-refractivity contribution in [2.75, 3.05) is 11.1 Å². The second kappa shape index (κ2) is 4.34. The molecule has 6 heteroatoms. The van der Waals surface area contributed by atoms with Crippen LogP contribution in [0.2, 0.25) is 0 Å². The van der Waals surface area contributed by atoms with Crippen LogP contribution >= 0.6 is 0 Å². The number of carboxylic acids is 1. The number of hydrogen-bond donors (Lipinski definition) is 4. The number of benzene rings is 2. The molecule has 0 amide bonds. The molecular weight excluding hydrogens is 260 g/mol. The first kappa shape index (κ1) is 12.2. The van der Waals surface area contributed by atoms with E-state index in [4.69, 9.17) is 15.6 Å². The van der Waals surface area contributed by atoms with Gasteiger partial charge in [0.1, 0.15) is 11.5 Å². The highest BCUT2D eigenvalue weighted by Crippen LogP contribution is 2.42. The molecule has 0 spiro atoms. The van der Waals surface area contributed by atoms with Gasteiger partial charge >= 0.3 is 5.97 Å². The lowest BCUT2D eigenvalue weighted by atomic mass is 10.1. The molecule has 0 aromatic heterocycles. The zero-order valence-corrected chi connectivity index (χ0v) is 10.3. The van der Waals surface area contributed by atoms with Gasteiger partial charge in [0.05, 0.1) is 16.9 Å². The van der Waals surface area contributed by atoms with E-state index in [0.717, 1.165) is 5.56 Å². The third-order valence-corrected chi connectivity index (χ3v) is 3.12. The summed E-state index contributed by atoms with van der Waals surface area (Å²) in [4.78, 5) is 10.8. The molecule has 0 bridgehead atoms. The maximum atomic E-state index is 10.8. The SMILES string of the molecule is Nc1cc2c(cc1O)OC(c1ccc(C(=O)O)cc1)N2. The highest BCUT2D eigenvalue weighted by Gasteiger charge is 2.24. The van der Waals surface area contributed by atoms with Crippen molar-refractivity contribution in [3.05, 3.63) is 47.5 Å². The van der Waals surface area contributed by atoms with E-state index in [0.29, 0.717) is 11.4 Å². The Hall–Kier alpha value is -2.89. The number of phenols is 1. The Morgan fingerprint density at radius 2 is 1.95 bits per heavy atom. The smallest absolute Gasteiger partial charge is 0.335 e. The van der Waals surface area contributed by atoms with E-state index >= 15 is 0 Å². The standard InChI is InChI=1S/C14H12N2O4/c15-9-5-10-12(6-11(9)17)20-13(16-10)7-1-3-8(4-2-7)14(18)19/h1-6,13,16-17H,15H2,(H,18,19). The number of phenolic OH excluding ortho intramolecular Hbond substituents is 1. The normalized spacial score (nSPS) is 16.1. The van der Waals surface area contributed by atoms with Crippen LogP contribution in [-0.4, -0.2) is 16.2 Å². The van der Waals surface area contributed by atoms with Crippen molar-refractivity contribution in [3.63, 3.8) is 0 Å². The average molecular weight is 272 g/mol. The number of carbonyl (C=O) groups is 1. The molecule has 0 saturated carbocycles. The minimum absolute atomic E-state index is 0.0348. The highest BCUT2D eigenvalue weighted by atomic mass is 16.5. The third kappa shape index (κ3) is 1.97. The zero-order chi connectivity index (χ0) is 14.3. The average Bonchev–Trinajstić information content (AvgIpc) is 2.82. The minimum Gasteiger partial charge on any atom is -0.506 e. The Kier molecular flexibility index (Phi) is 2.64. The maximum absolute atomic E-state index is 10.8. The number of hydrogen-bond acceptors (Lipinski definition) is 5. The van der Waals surface area contributed by atoms with Gasteiger partial charge in [-0.25, -0.2) is 4.79 Å². The summed E-state index contributed by atoms with van der Waals surface area (Å²) >= 11 is 0. The van der Waals surface area contributed by atoms with Crippen LogP contribution < -0.4 is 15.8 Å². The first-order chi connectivity index (χ1) is 9.54. The van der Waals surface area contributed by atoms with Gasteiger partial charge in [0.2, 0.25) is 0 Å². The molecule has 6 nitrogen and oxygen atoms in total. The summed E-state index contributed by atoms with van der Waals surface area (Å²) in [5, 5.41) is 21.5. The molecular formula is C14H12N2O4. The van der Waals surface area contributed by atoms with Crippen LogP contribution in [0.25, 0.3) is 0 Å². The molecule has 1 aliphatic rings. The molecule has 0 aliphatic carbocycles. The van der Waals surface area contributed by atoms with Gasteiger partial charge in [-0.15, -0.1) is 0 Å². The van der Waals surface area contributed by atoms with Crippen molar-refractivity contribution < 1.29 is 19.7 Å². The van der Waals surface area contributed by atoms with Gasteiger partial charge in [0.25, 0.3) is 0 Å². The van der Waals surface area contributed by atoms with Crippen molar-refractivity contribution in [3.8, 4) is 11.5 Å². The van der Waals surface area contributed by atoms with E-state index in [1.54, 1.807) is 18.2 Å². The molecule has 2 aromatic rings. The van der Waals surface area contributed by atoms with Gasteiger partial charge in [0, 0.05) is 11.6 Å². The van der Waals surface area contributed by atoms with Gasteiger partial charge < -0.3 is 26.0 Å². The highest BCUT2D eigenvalue weighted by molar-refractivity contribution is 5.87. The Morgan fingerprint density at radius 1 is 1.25 bits per heavy atom. The minimum atomic E-state index is -0.974. The second-order valence-corrected chi connectivity index (χ2v) is 4.48. The Morgan fingerprint density at radius 3 is 2.60 bits per heavy atom. The predicted molar refractivity (Wildman–Crippen MR) is 72.9 cm³/mol. The van der Waals surface area contributed by atoms with Crippen molar-refractivity contribution in [2.24, 2.45) is 0 Å². The molecule has 2 aromatic carbocycles. The fourth-order valence-corrected chi connectivity index (χ4v) is 2.05. The van der Waals surface area contributed by atoms with Crippen LogP contribution in [0.15, 0.2) is 36.4 Å². The lowest BCUT2D eigenvalue weighted by Gasteiger charge is -2.11. The van der Waals surface area contributed by atoms with Gasteiger partial charge in [-0.1, -0.05) is 12.1 Å².